The molecule has 11 heteroatoms. The van der Waals surface area contributed by atoms with Gasteiger partial charge in [-0.05, 0) is 24.3 Å². The highest BCUT2D eigenvalue weighted by atomic mass is 32.2. The number of rotatable bonds is 9. The lowest BCUT2D eigenvalue weighted by molar-refractivity contribution is -0.128. The van der Waals surface area contributed by atoms with Gasteiger partial charge in [0.2, 0.25) is 5.91 Å². The van der Waals surface area contributed by atoms with Crippen LogP contribution in [0.4, 0.5) is 11.4 Å². The average molecular weight is 473 g/mol. The highest BCUT2D eigenvalue weighted by Gasteiger charge is 2.58. The first-order valence-electron chi connectivity index (χ1n) is 10.3. The second kappa shape index (κ2) is 9.05. The van der Waals surface area contributed by atoms with Crippen molar-refractivity contribution in [2.75, 3.05) is 66.7 Å². The molecule has 2 aliphatic rings. The van der Waals surface area contributed by atoms with Gasteiger partial charge < -0.3 is 25.4 Å². The zero-order valence-corrected chi connectivity index (χ0v) is 19.7. The van der Waals surface area contributed by atoms with Gasteiger partial charge in [-0.3, -0.25) is 4.79 Å². The van der Waals surface area contributed by atoms with Gasteiger partial charge in [-0.2, -0.15) is 0 Å². The van der Waals surface area contributed by atoms with Crippen LogP contribution < -0.4 is 16.0 Å². The summed E-state index contributed by atoms with van der Waals surface area (Å²) in [5, 5.41) is 3.12. The number of fused-ring (bicyclic) bond motifs is 1. The number of nitrogens with two attached hydrogens (primary N) is 1. The molecule has 2 aliphatic heterocycles. The predicted octanol–water partition coefficient (Wildman–Crippen LogP) is 0.369. The van der Waals surface area contributed by atoms with Crippen LogP contribution in [0.15, 0.2) is 24.3 Å². The van der Waals surface area contributed by atoms with Crippen LogP contribution in [0, 0.1) is 10.8 Å². The fourth-order valence-corrected chi connectivity index (χ4v) is 5.96. The quantitative estimate of drug-likeness (QED) is 0.439. The summed E-state index contributed by atoms with van der Waals surface area (Å²) < 4.78 is 43.6. The highest BCUT2D eigenvalue weighted by Crippen LogP contribution is 2.52. The normalized spacial score (nSPS) is 26.7. The lowest BCUT2D eigenvalue weighted by Gasteiger charge is -2.29. The first-order valence-corrected chi connectivity index (χ1v) is 13.4. The van der Waals surface area contributed by atoms with Gasteiger partial charge in [-0.25, -0.2) is 12.6 Å². The van der Waals surface area contributed by atoms with Gasteiger partial charge in [0.15, 0.2) is 20.9 Å². The molecule has 0 spiro atoms. The molecule has 2 fully saturated rings. The molecule has 174 valence electrons. The Morgan fingerprint density at radius 1 is 1.16 bits per heavy atom. The fourth-order valence-electron chi connectivity index (χ4n) is 4.62. The number of benzene rings is 1. The number of sulfone groups is 1. The molecule has 3 rings (SSSR count). The number of hydrogen-bond acceptors (Lipinski definition) is 7. The fraction of sp³-hybridized carbons (Fsp3) is 0.650. The Bertz CT molecular complexity index is 919. The molecule has 3 atom stereocenters. The number of anilines is 2. The topological polar surface area (TPSA) is 133 Å². The Balaban J connectivity index is 1.62. The number of likely N-dealkylation sites (tertiary alicyclic amines) is 1. The van der Waals surface area contributed by atoms with Crippen molar-refractivity contribution in [2.24, 2.45) is 16.6 Å². The zero-order valence-electron chi connectivity index (χ0n) is 18.0. The minimum Gasteiger partial charge on any atom is -0.384 e. The first-order chi connectivity index (χ1) is 14.5. The van der Waals surface area contributed by atoms with Gasteiger partial charge in [0.1, 0.15) is 5.75 Å². The highest BCUT2D eigenvalue weighted by molar-refractivity contribution is 7.92. The van der Waals surface area contributed by atoms with Crippen molar-refractivity contribution in [2.45, 2.75) is 13.8 Å². The average Bonchev–Trinajstić information content (AvgIpc) is 3.06. The Labute approximate surface area is 186 Å². The SMILES string of the molecule is C[C@@]12CN(C(=O)CS(=O)(=O)CCN)C[C@]1(C)CN(c1ccc(NCCS(=O)O)cc1)C2. The number of amides is 1. The summed E-state index contributed by atoms with van der Waals surface area (Å²) in [6.07, 6.45) is 0. The Hall–Kier alpha value is -1.69. The summed E-state index contributed by atoms with van der Waals surface area (Å²) in [5.74, 6) is -0.806. The van der Waals surface area contributed by atoms with E-state index in [1.807, 2.05) is 24.3 Å². The molecule has 0 bridgehead atoms. The van der Waals surface area contributed by atoms with Crippen molar-refractivity contribution < 1.29 is 22.0 Å². The lowest BCUT2D eigenvalue weighted by Crippen LogP contribution is -2.39. The van der Waals surface area contributed by atoms with E-state index >= 15 is 0 Å². The Morgan fingerprint density at radius 2 is 1.74 bits per heavy atom. The molecular weight excluding hydrogens is 440 g/mol. The van der Waals surface area contributed by atoms with Gasteiger partial charge in [0, 0.05) is 61.5 Å². The minimum absolute atomic E-state index is 0.0231. The Kier molecular flexibility index (Phi) is 6.99. The van der Waals surface area contributed by atoms with Crippen LogP contribution in [0.3, 0.4) is 0 Å². The molecule has 0 aliphatic carbocycles. The van der Waals surface area contributed by atoms with E-state index in [0.717, 1.165) is 24.5 Å². The van der Waals surface area contributed by atoms with Gasteiger partial charge in [-0.1, -0.05) is 13.8 Å². The summed E-state index contributed by atoms with van der Waals surface area (Å²) in [5.41, 5.74) is 7.04. The maximum Gasteiger partial charge on any atom is 0.237 e. The number of carbonyl (C=O) groups excluding carboxylic acids is 1. The van der Waals surface area contributed by atoms with Gasteiger partial charge in [-0.15, -0.1) is 0 Å². The van der Waals surface area contributed by atoms with Crippen molar-refractivity contribution in [3.8, 4) is 0 Å². The molecule has 2 heterocycles. The third-order valence-electron chi connectivity index (χ3n) is 6.58. The molecule has 1 aromatic carbocycles. The minimum atomic E-state index is -3.46. The third kappa shape index (κ3) is 5.39. The van der Waals surface area contributed by atoms with Crippen LogP contribution in [0.1, 0.15) is 13.8 Å². The standard InChI is InChI=1S/C20H32N4O5S2/c1-19-12-23(17-5-3-16(4-6-17)22-8-9-30(26)27)13-20(19,2)15-24(14-19)18(25)11-31(28,29)10-7-21/h3-6,22H,7-15,21H2,1-2H3,(H,26,27)/t19-,20+. The van der Waals surface area contributed by atoms with Crippen LogP contribution in [0.5, 0.6) is 0 Å². The monoisotopic (exact) mass is 472 g/mol. The molecule has 1 amide bonds. The molecule has 4 N–H and O–H groups in total. The van der Waals surface area contributed by atoms with E-state index < -0.39 is 26.7 Å². The van der Waals surface area contributed by atoms with E-state index in [9.17, 15) is 17.4 Å². The van der Waals surface area contributed by atoms with Crippen LogP contribution in [0.25, 0.3) is 0 Å². The lowest BCUT2D eigenvalue weighted by atomic mass is 9.71. The predicted molar refractivity (Wildman–Crippen MR) is 123 cm³/mol. The molecular formula is C20H32N4O5S2. The summed E-state index contributed by atoms with van der Waals surface area (Å²) in [6.45, 7) is 7.41. The molecule has 0 radical (unpaired) electrons. The number of hydrogen-bond donors (Lipinski definition) is 3. The summed E-state index contributed by atoms with van der Waals surface area (Å²) >= 11 is -1.81. The van der Waals surface area contributed by atoms with E-state index in [1.54, 1.807) is 4.90 Å². The smallest absolute Gasteiger partial charge is 0.237 e. The molecule has 2 saturated heterocycles. The van der Waals surface area contributed by atoms with Gasteiger partial charge >= 0.3 is 0 Å². The van der Waals surface area contributed by atoms with E-state index in [4.69, 9.17) is 10.3 Å². The van der Waals surface area contributed by atoms with Gasteiger partial charge in [0.25, 0.3) is 0 Å². The number of carbonyl (C=O) groups is 1. The van der Waals surface area contributed by atoms with E-state index in [-0.39, 0.29) is 34.8 Å². The van der Waals surface area contributed by atoms with Crippen LogP contribution in [-0.4, -0.2) is 84.5 Å². The number of nitrogens with one attached hydrogen (secondary N) is 1. The largest absolute Gasteiger partial charge is 0.384 e. The molecule has 31 heavy (non-hydrogen) atoms. The summed E-state index contributed by atoms with van der Waals surface area (Å²) in [7, 11) is -3.46. The first kappa shape index (κ1) is 24.0. The van der Waals surface area contributed by atoms with E-state index in [1.165, 1.54) is 0 Å². The number of nitrogens with zero attached hydrogens (tertiary/aromatic N) is 2. The van der Waals surface area contributed by atoms with Crippen LogP contribution in [-0.2, 0) is 25.7 Å². The van der Waals surface area contributed by atoms with Gasteiger partial charge in [0.05, 0.1) is 11.5 Å². The zero-order chi connectivity index (χ0) is 22.9. The van der Waals surface area contributed by atoms with Crippen molar-refractivity contribution in [1.29, 1.82) is 0 Å². The van der Waals surface area contributed by atoms with Crippen LogP contribution in [0.2, 0.25) is 0 Å². The third-order valence-corrected chi connectivity index (χ3v) is 8.68. The van der Waals surface area contributed by atoms with E-state index in [2.05, 4.69) is 24.1 Å². The molecule has 1 aromatic rings. The summed E-state index contributed by atoms with van der Waals surface area (Å²) in [4.78, 5) is 16.6. The van der Waals surface area contributed by atoms with Crippen molar-refractivity contribution in [1.82, 2.24) is 4.90 Å². The molecule has 0 aromatic heterocycles. The maximum atomic E-state index is 12.6. The maximum absolute atomic E-state index is 12.6. The molecule has 1 unspecified atom stereocenters. The van der Waals surface area contributed by atoms with Crippen molar-refractivity contribution in [3.05, 3.63) is 24.3 Å². The van der Waals surface area contributed by atoms with Crippen molar-refractivity contribution >= 4 is 38.2 Å². The second-order valence-electron chi connectivity index (χ2n) is 9.11. The Morgan fingerprint density at radius 3 is 2.26 bits per heavy atom. The molecule has 0 saturated carbocycles. The van der Waals surface area contributed by atoms with Crippen LogP contribution >= 0.6 is 0 Å². The second-order valence-corrected chi connectivity index (χ2v) is 12.3. The summed E-state index contributed by atoms with van der Waals surface area (Å²) in [6, 6.07) is 7.95. The van der Waals surface area contributed by atoms with Crippen molar-refractivity contribution in [3.63, 3.8) is 0 Å². The molecule has 9 nitrogen and oxygen atoms in total. The van der Waals surface area contributed by atoms with E-state index in [0.29, 0.717) is 19.6 Å².